The number of pyridine rings is 1. The van der Waals surface area contributed by atoms with Crippen LogP contribution in [0.25, 0.3) is 11.1 Å². The zero-order chi connectivity index (χ0) is 20.7. The Bertz CT molecular complexity index is 1220. The minimum absolute atomic E-state index is 0. The van der Waals surface area contributed by atoms with Crippen molar-refractivity contribution >= 4 is 16.5 Å². The van der Waals surface area contributed by atoms with E-state index in [0.29, 0.717) is 5.75 Å². The van der Waals surface area contributed by atoms with Crippen LogP contribution >= 0.6 is 0 Å². The molecule has 156 valence electrons. The molecule has 2 aromatic carbocycles. The van der Waals surface area contributed by atoms with E-state index >= 15 is 0 Å². The summed E-state index contributed by atoms with van der Waals surface area (Å²) in [7, 11) is 0.758. The standard InChI is InChI=1S/C23H21FN2O2S.H2O/c1-14-19-11-22(27)26(2)12-21(19)20-10-15(13-29(3)28)4-9-18(20)23(25-14)16-5-7-17(24)8-6-16;/h4-12,14H,13H2,1-3H3;1H2/t14-,29?;/m0./s1. The van der Waals surface area contributed by atoms with Gasteiger partial charge in [-0.3, -0.25) is 14.0 Å². The SMILES string of the molecule is C[C@@H]1N=C(c2ccc(F)cc2)c2ccc(CS(C)=O)cc2-c2cn(C)c(=O)cc21.O. The average molecular weight is 427 g/mol. The van der Waals surface area contributed by atoms with E-state index in [1.54, 1.807) is 36.1 Å². The van der Waals surface area contributed by atoms with Crippen molar-refractivity contribution in [1.82, 2.24) is 4.57 Å². The summed E-state index contributed by atoms with van der Waals surface area (Å²) in [6.07, 6.45) is 3.51. The number of benzene rings is 2. The summed E-state index contributed by atoms with van der Waals surface area (Å²) in [6, 6.07) is 13.6. The van der Waals surface area contributed by atoms with Gasteiger partial charge in [-0.1, -0.05) is 12.1 Å². The summed E-state index contributed by atoms with van der Waals surface area (Å²) in [4.78, 5) is 17.2. The first-order valence-corrected chi connectivity index (χ1v) is 11.0. The first-order chi connectivity index (χ1) is 13.8. The number of rotatable bonds is 3. The van der Waals surface area contributed by atoms with Crippen molar-refractivity contribution in [2.45, 2.75) is 18.7 Å². The van der Waals surface area contributed by atoms with Crippen LogP contribution in [0.3, 0.4) is 0 Å². The van der Waals surface area contributed by atoms with Gasteiger partial charge in [-0.25, -0.2) is 4.39 Å². The monoisotopic (exact) mass is 426 g/mol. The molecule has 0 fully saturated rings. The highest BCUT2D eigenvalue weighted by atomic mass is 32.2. The molecule has 0 bridgehead atoms. The molecular weight excluding hydrogens is 403 g/mol. The van der Waals surface area contributed by atoms with Gasteiger partial charge >= 0.3 is 0 Å². The van der Waals surface area contributed by atoms with Crippen molar-refractivity contribution in [3.05, 3.63) is 93.2 Å². The number of hydrogen-bond acceptors (Lipinski definition) is 3. The number of aliphatic imine (C=N–C) groups is 1. The van der Waals surface area contributed by atoms with Crippen LogP contribution in [-0.2, 0) is 23.6 Å². The number of aryl methyl sites for hydroxylation is 1. The van der Waals surface area contributed by atoms with E-state index in [4.69, 9.17) is 4.99 Å². The molecule has 0 saturated carbocycles. The molecule has 1 aliphatic heterocycles. The van der Waals surface area contributed by atoms with Crippen LogP contribution in [0.15, 0.2) is 64.5 Å². The smallest absolute Gasteiger partial charge is 0.250 e. The maximum atomic E-state index is 13.5. The lowest BCUT2D eigenvalue weighted by Crippen LogP contribution is -2.17. The normalized spacial score (nSPS) is 15.9. The molecule has 0 radical (unpaired) electrons. The molecular formula is C23H23FN2O3S. The van der Waals surface area contributed by atoms with Crippen molar-refractivity contribution in [2.24, 2.45) is 12.0 Å². The van der Waals surface area contributed by atoms with E-state index in [2.05, 4.69) is 0 Å². The van der Waals surface area contributed by atoms with Crippen molar-refractivity contribution in [1.29, 1.82) is 0 Å². The summed E-state index contributed by atoms with van der Waals surface area (Å²) >= 11 is 0. The van der Waals surface area contributed by atoms with E-state index in [0.717, 1.165) is 39.1 Å². The zero-order valence-electron chi connectivity index (χ0n) is 17.0. The van der Waals surface area contributed by atoms with Gasteiger partial charge in [0.15, 0.2) is 0 Å². The van der Waals surface area contributed by atoms with E-state index in [1.807, 2.05) is 31.3 Å². The van der Waals surface area contributed by atoms with Gasteiger partial charge in [0.25, 0.3) is 5.56 Å². The van der Waals surface area contributed by atoms with Crippen LogP contribution in [0.2, 0.25) is 0 Å². The topological polar surface area (TPSA) is 82.9 Å². The summed E-state index contributed by atoms with van der Waals surface area (Å²) in [5.74, 6) is 0.149. The third-order valence-corrected chi connectivity index (χ3v) is 5.89. The molecule has 7 heteroatoms. The Hall–Kier alpha value is -2.90. The van der Waals surface area contributed by atoms with Crippen LogP contribution in [0.5, 0.6) is 0 Å². The quantitative estimate of drug-likeness (QED) is 0.645. The Labute approximate surface area is 176 Å². The third kappa shape index (κ3) is 4.04. The molecule has 1 aliphatic rings. The fourth-order valence-electron chi connectivity index (χ4n) is 3.73. The Morgan fingerprint density at radius 1 is 1.07 bits per heavy atom. The van der Waals surface area contributed by atoms with Crippen molar-refractivity contribution in [3.8, 4) is 11.1 Å². The van der Waals surface area contributed by atoms with Gasteiger partial charge in [0, 0.05) is 58.8 Å². The van der Waals surface area contributed by atoms with E-state index in [-0.39, 0.29) is 22.9 Å². The molecule has 1 aromatic heterocycles. The predicted molar refractivity (Wildman–Crippen MR) is 119 cm³/mol. The largest absolute Gasteiger partial charge is 0.412 e. The highest BCUT2D eigenvalue weighted by Gasteiger charge is 2.24. The van der Waals surface area contributed by atoms with Crippen LogP contribution < -0.4 is 5.56 Å². The van der Waals surface area contributed by atoms with Gasteiger partial charge in [-0.15, -0.1) is 0 Å². The van der Waals surface area contributed by atoms with Crippen molar-refractivity contribution < 1.29 is 14.1 Å². The first kappa shape index (κ1) is 21.8. The second-order valence-electron chi connectivity index (χ2n) is 7.35. The van der Waals surface area contributed by atoms with Crippen LogP contribution in [0.1, 0.15) is 35.2 Å². The molecule has 0 amide bonds. The van der Waals surface area contributed by atoms with E-state index in [9.17, 15) is 13.4 Å². The highest BCUT2D eigenvalue weighted by molar-refractivity contribution is 7.83. The second kappa shape index (κ2) is 8.45. The maximum absolute atomic E-state index is 13.5. The van der Waals surface area contributed by atoms with Gasteiger partial charge in [-0.2, -0.15) is 0 Å². The van der Waals surface area contributed by atoms with E-state index < -0.39 is 10.8 Å². The molecule has 2 N–H and O–H groups in total. The first-order valence-electron chi connectivity index (χ1n) is 9.31. The average Bonchev–Trinajstić information content (AvgIpc) is 2.78. The van der Waals surface area contributed by atoms with Crippen molar-refractivity contribution in [2.75, 3.05) is 6.26 Å². The summed E-state index contributed by atoms with van der Waals surface area (Å²) < 4.78 is 26.8. The Morgan fingerprint density at radius 3 is 2.43 bits per heavy atom. The van der Waals surface area contributed by atoms with Gasteiger partial charge in [-0.05, 0) is 53.9 Å². The lowest BCUT2D eigenvalue weighted by Gasteiger charge is -2.14. The van der Waals surface area contributed by atoms with Gasteiger partial charge < -0.3 is 10.0 Å². The minimum atomic E-state index is -0.969. The molecule has 2 heterocycles. The van der Waals surface area contributed by atoms with Gasteiger partial charge in [0.05, 0.1) is 11.8 Å². The van der Waals surface area contributed by atoms with Crippen LogP contribution in [0, 0.1) is 5.82 Å². The molecule has 2 atom stereocenters. The van der Waals surface area contributed by atoms with E-state index in [1.165, 1.54) is 12.1 Å². The number of halogens is 1. The fourth-order valence-corrected chi connectivity index (χ4v) is 4.38. The third-order valence-electron chi connectivity index (χ3n) is 5.15. The van der Waals surface area contributed by atoms with Crippen LogP contribution in [-0.4, -0.2) is 26.2 Å². The number of fused-ring (bicyclic) bond motifs is 3. The van der Waals surface area contributed by atoms with Crippen molar-refractivity contribution in [3.63, 3.8) is 0 Å². The van der Waals surface area contributed by atoms with Crippen LogP contribution in [0.4, 0.5) is 4.39 Å². The Balaban J connectivity index is 0.00000256. The van der Waals surface area contributed by atoms with Gasteiger partial charge in [0.2, 0.25) is 0 Å². The second-order valence-corrected chi connectivity index (χ2v) is 8.78. The molecule has 0 saturated heterocycles. The summed E-state index contributed by atoms with van der Waals surface area (Å²) in [6.45, 7) is 1.95. The lowest BCUT2D eigenvalue weighted by atomic mass is 9.91. The molecule has 3 aromatic rings. The molecule has 1 unspecified atom stereocenters. The minimum Gasteiger partial charge on any atom is -0.412 e. The summed E-state index contributed by atoms with van der Waals surface area (Å²) in [5, 5.41) is 0. The molecule has 0 aliphatic carbocycles. The molecule has 4 rings (SSSR count). The zero-order valence-corrected chi connectivity index (χ0v) is 17.8. The Kier molecular flexibility index (Phi) is 6.14. The number of hydrogen-bond donors (Lipinski definition) is 0. The predicted octanol–water partition coefficient (Wildman–Crippen LogP) is 3.16. The van der Waals surface area contributed by atoms with Gasteiger partial charge in [0.1, 0.15) is 5.82 Å². The Morgan fingerprint density at radius 2 is 1.77 bits per heavy atom. The molecule has 30 heavy (non-hydrogen) atoms. The highest BCUT2D eigenvalue weighted by Crippen LogP contribution is 2.37. The lowest BCUT2D eigenvalue weighted by molar-refractivity contribution is 0.628. The maximum Gasteiger partial charge on any atom is 0.250 e. The summed E-state index contributed by atoms with van der Waals surface area (Å²) in [5.41, 5.74) is 6.05. The fraction of sp³-hybridized carbons (Fsp3) is 0.217. The number of nitrogens with zero attached hydrogens (tertiary/aromatic N) is 2. The molecule has 5 nitrogen and oxygen atoms in total. The number of aromatic nitrogens is 1. The molecule has 0 spiro atoms.